The largest absolute Gasteiger partial charge is 0.379 e. The number of guanidine groups is 1. The van der Waals surface area contributed by atoms with Crippen LogP contribution in [0.25, 0.3) is 0 Å². The number of ether oxygens (including phenoxy) is 1. The molecule has 1 saturated heterocycles. The Labute approximate surface area is 201 Å². The summed E-state index contributed by atoms with van der Waals surface area (Å²) in [6.07, 6.45) is 4.12. The summed E-state index contributed by atoms with van der Waals surface area (Å²) in [7, 11) is 5.49. The van der Waals surface area contributed by atoms with Crippen molar-refractivity contribution in [1.29, 1.82) is 0 Å². The number of nitrogens with one attached hydrogen (secondary N) is 2. The number of halogens is 1. The minimum Gasteiger partial charge on any atom is -0.379 e. The van der Waals surface area contributed by atoms with E-state index < -0.39 is 0 Å². The van der Waals surface area contributed by atoms with Crippen LogP contribution in [0.3, 0.4) is 0 Å². The first-order valence-corrected chi connectivity index (χ1v) is 11.5. The number of amides is 1. The van der Waals surface area contributed by atoms with E-state index in [4.69, 9.17) is 4.74 Å². The van der Waals surface area contributed by atoms with Crippen molar-refractivity contribution in [2.75, 3.05) is 60.5 Å². The lowest BCUT2D eigenvalue weighted by atomic mass is 9.84. The molecule has 7 nitrogen and oxygen atoms in total. The summed E-state index contributed by atoms with van der Waals surface area (Å²) in [5.41, 5.74) is -0.307. The zero-order chi connectivity index (χ0) is 20.7. The minimum absolute atomic E-state index is 0. The van der Waals surface area contributed by atoms with Gasteiger partial charge in [0.15, 0.2) is 5.96 Å². The molecule has 0 spiro atoms. The molecular formula is C21H36IN5O2S. The fourth-order valence-electron chi connectivity index (χ4n) is 4.44. The van der Waals surface area contributed by atoms with Gasteiger partial charge in [-0.2, -0.15) is 0 Å². The summed E-state index contributed by atoms with van der Waals surface area (Å²) in [6, 6.07) is 4.60. The van der Waals surface area contributed by atoms with E-state index in [0.717, 1.165) is 64.5 Å². The molecule has 1 aliphatic heterocycles. The van der Waals surface area contributed by atoms with Crippen molar-refractivity contribution in [2.24, 2.45) is 10.4 Å². The molecule has 1 atom stereocenters. The van der Waals surface area contributed by atoms with Crippen molar-refractivity contribution in [3.63, 3.8) is 0 Å². The van der Waals surface area contributed by atoms with Gasteiger partial charge in [-0.05, 0) is 24.3 Å². The Morgan fingerprint density at radius 1 is 1.30 bits per heavy atom. The normalized spacial score (nSPS) is 20.3. The minimum atomic E-state index is -0.307. The lowest BCUT2D eigenvalue weighted by Crippen LogP contribution is -2.50. The van der Waals surface area contributed by atoms with Gasteiger partial charge in [0.1, 0.15) is 0 Å². The lowest BCUT2D eigenvalue weighted by Gasteiger charge is -2.35. The highest BCUT2D eigenvalue weighted by Crippen LogP contribution is 2.38. The fourth-order valence-corrected chi connectivity index (χ4v) is 5.30. The van der Waals surface area contributed by atoms with E-state index in [1.807, 2.05) is 14.1 Å². The molecule has 3 rings (SSSR count). The van der Waals surface area contributed by atoms with Gasteiger partial charge in [0.05, 0.1) is 24.7 Å². The number of rotatable bonds is 7. The molecule has 2 heterocycles. The fraction of sp³-hybridized carbons (Fsp3) is 0.714. The molecule has 0 radical (unpaired) electrons. The van der Waals surface area contributed by atoms with E-state index in [-0.39, 0.29) is 35.3 Å². The Bertz CT molecular complexity index is 671. The molecule has 170 valence electrons. The van der Waals surface area contributed by atoms with Crippen molar-refractivity contribution in [2.45, 2.75) is 31.7 Å². The highest BCUT2D eigenvalue weighted by molar-refractivity contribution is 14.0. The predicted octanol–water partition coefficient (Wildman–Crippen LogP) is 2.55. The van der Waals surface area contributed by atoms with Crippen LogP contribution < -0.4 is 10.6 Å². The van der Waals surface area contributed by atoms with E-state index >= 15 is 0 Å². The van der Waals surface area contributed by atoms with Crippen LogP contribution in [0.15, 0.2) is 22.5 Å². The molecule has 1 saturated carbocycles. The number of morpholine rings is 1. The van der Waals surface area contributed by atoms with Gasteiger partial charge in [0.2, 0.25) is 5.91 Å². The molecule has 30 heavy (non-hydrogen) atoms. The second-order valence-electron chi connectivity index (χ2n) is 8.17. The third-order valence-electron chi connectivity index (χ3n) is 6.06. The summed E-state index contributed by atoms with van der Waals surface area (Å²) in [6.45, 7) is 4.85. The molecule has 0 aromatic carbocycles. The van der Waals surface area contributed by atoms with Crippen LogP contribution in [0, 0.1) is 5.41 Å². The molecule has 2 aliphatic rings. The Morgan fingerprint density at radius 3 is 2.57 bits per heavy atom. The summed E-state index contributed by atoms with van der Waals surface area (Å²) < 4.78 is 5.53. The van der Waals surface area contributed by atoms with E-state index in [1.165, 1.54) is 4.88 Å². The second-order valence-corrected chi connectivity index (χ2v) is 9.15. The van der Waals surface area contributed by atoms with Gasteiger partial charge in [-0.1, -0.05) is 18.9 Å². The molecule has 1 aliphatic carbocycles. The van der Waals surface area contributed by atoms with Crippen molar-refractivity contribution in [3.8, 4) is 0 Å². The number of aliphatic imine (C=N–C) groups is 1. The summed E-state index contributed by atoms with van der Waals surface area (Å²) in [4.78, 5) is 22.8. The molecule has 9 heteroatoms. The number of hydrogen-bond acceptors (Lipinski definition) is 5. The maximum absolute atomic E-state index is 12.8. The average molecular weight is 550 g/mol. The van der Waals surface area contributed by atoms with Crippen molar-refractivity contribution in [1.82, 2.24) is 20.4 Å². The Balaban J connectivity index is 0.00000320. The topological polar surface area (TPSA) is 69.2 Å². The Kier molecular flexibility index (Phi) is 10.3. The van der Waals surface area contributed by atoms with E-state index in [0.29, 0.717) is 12.6 Å². The van der Waals surface area contributed by atoms with Crippen LogP contribution in [-0.2, 0) is 9.53 Å². The quantitative estimate of drug-likeness (QED) is 0.311. The van der Waals surface area contributed by atoms with Crippen molar-refractivity contribution < 1.29 is 9.53 Å². The van der Waals surface area contributed by atoms with Crippen LogP contribution in [0.5, 0.6) is 0 Å². The maximum Gasteiger partial charge on any atom is 0.230 e. The predicted molar refractivity (Wildman–Crippen MR) is 134 cm³/mol. The third-order valence-corrected chi connectivity index (χ3v) is 7.03. The number of hydrogen-bond donors (Lipinski definition) is 2. The summed E-state index contributed by atoms with van der Waals surface area (Å²) in [5.74, 6) is 0.986. The maximum atomic E-state index is 12.8. The van der Waals surface area contributed by atoms with Crippen LogP contribution in [-0.4, -0.2) is 82.2 Å². The first-order chi connectivity index (χ1) is 14.1. The van der Waals surface area contributed by atoms with Gasteiger partial charge in [-0.3, -0.25) is 14.7 Å². The number of nitrogens with zero attached hydrogens (tertiary/aromatic N) is 3. The highest BCUT2D eigenvalue weighted by atomic mass is 127. The van der Waals surface area contributed by atoms with Gasteiger partial charge in [0.25, 0.3) is 0 Å². The standard InChI is InChI=1S/C21H35N5O2S.HI/c1-22-20(24-16-21(8-4-5-9-21)19(27)25(2)3)23-15-17(18-7-6-14-29-18)26-10-12-28-13-11-26;/h6-7,14,17H,4-5,8-13,15-16H2,1-3H3,(H2,22,23,24);1H. The molecule has 1 unspecified atom stereocenters. The molecule has 2 N–H and O–H groups in total. The average Bonchev–Trinajstić information content (AvgIpc) is 3.43. The summed E-state index contributed by atoms with van der Waals surface area (Å²) >= 11 is 1.79. The van der Waals surface area contributed by atoms with Gasteiger partial charge in [-0.15, -0.1) is 35.3 Å². The molecule has 1 aromatic heterocycles. The Hall–Kier alpha value is -0.910. The number of carbonyl (C=O) groups is 1. The zero-order valence-corrected chi connectivity index (χ0v) is 21.5. The van der Waals surface area contributed by atoms with E-state index in [9.17, 15) is 4.79 Å². The Morgan fingerprint density at radius 2 is 2.00 bits per heavy atom. The molecule has 0 bridgehead atoms. The summed E-state index contributed by atoms with van der Waals surface area (Å²) in [5, 5.41) is 9.08. The van der Waals surface area contributed by atoms with E-state index in [2.05, 4.69) is 38.0 Å². The monoisotopic (exact) mass is 549 g/mol. The van der Waals surface area contributed by atoms with Crippen molar-refractivity contribution >= 4 is 47.2 Å². The molecule has 1 aromatic rings. The second kappa shape index (κ2) is 12.2. The van der Waals surface area contributed by atoms with E-state index in [1.54, 1.807) is 23.3 Å². The zero-order valence-electron chi connectivity index (χ0n) is 18.4. The molecule has 1 amide bonds. The highest BCUT2D eigenvalue weighted by Gasteiger charge is 2.42. The van der Waals surface area contributed by atoms with Crippen LogP contribution in [0.1, 0.15) is 36.6 Å². The SMILES string of the molecule is CN=C(NCC(c1cccs1)N1CCOCC1)NCC1(C(=O)N(C)C)CCCC1.I. The van der Waals surface area contributed by atoms with Gasteiger partial charge in [0, 0.05) is 52.2 Å². The lowest BCUT2D eigenvalue weighted by molar-refractivity contribution is -0.138. The third kappa shape index (κ3) is 6.30. The van der Waals surface area contributed by atoms with Gasteiger partial charge >= 0.3 is 0 Å². The van der Waals surface area contributed by atoms with Gasteiger partial charge < -0.3 is 20.3 Å². The van der Waals surface area contributed by atoms with Crippen LogP contribution >= 0.6 is 35.3 Å². The van der Waals surface area contributed by atoms with Gasteiger partial charge in [-0.25, -0.2) is 0 Å². The number of thiophene rings is 1. The molecule has 2 fully saturated rings. The van der Waals surface area contributed by atoms with Crippen molar-refractivity contribution in [3.05, 3.63) is 22.4 Å². The van der Waals surface area contributed by atoms with Crippen LogP contribution in [0.4, 0.5) is 0 Å². The molecular weight excluding hydrogens is 513 g/mol. The first kappa shape index (κ1) is 25.4. The number of carbonyl (C=O) groups excluding carboxylic acids is 1. The van der Waals surface area contributed by atoms with Crippen LogP contribution in [0.2, 0.25) is 0 Å². The smallest absolute Gasteiger partial charge is 0.230 e. The first-order valence-electron chi connectivity index (χ1n) is 10.6.